The summed E-state index contributed by atoms with van der Waals surface area (Å²) < 4.78 is 0. The van der Waals surface area contributed by atoms with E-state index in [9.17, 15) is 0 Å². The summed E-state index contributed by atoms with van der Waals surface area (Å²) in [6.07, 6.45) is 4.41. The Morgan fingerprint density at radius 3 is 1.67 bits per heavy atom. The quantitative estimate of drug-likeness (QED) is 0.524. The van der Waals surface area contributed by atoms with E-state index >= 15 is 0 Å². The maximum Gasteiger partial charge on any atom is 0.109 e. The number of hydrogen-bond acceptors (Lipinski definition) is 3. The molecule has 0 fully saturated rings. The molecule has 0 saturated heterocycles. The number of rotatable bonds is 5. The number of aliphatic imine (C=N–C) groups is 2. The minimum absolute atomic E-state index is 0.255. The van der Waals surface area contributed by atoms with Gasteiger partial charge in [-0.2, -0.15) is 10.5 Å². The lowest BCUT2D eigenvalue weighted by molar-refractivity contribution is 0.719. The molecule has 0 saturated carbocycles. The van der Waals surface area contributed by atoms with E-state index in [1.807, 2.05) is 55.5 Å². The van der Waals surface area contributed by atoms with Crippen LogP contribution >= 0.6 is 0 Å². The van der Waals surface area contributed by atoms with Crippen molar-refractivity contribution in [1.29, 1.82) is 10.5 Å². The highest BCUT2D eigenvalue weighted by molar-refractivity contribution is 5.70. The number of hydrogen-bond donors (Lipinski definition) is 0. The summed E-state index contributed by atoms with van der Waals surface area (Å²) in [6.45, 7) is 8.17. The zero-order valence-electron chi connectivity index (χ0n) is 16.4. The van der Waals surface area contributed by atoms with E-state index < -0.39 is 0 Å². The zero-order chi connectivity index (χ0) is 20.1. The molecule has 27 heavy (non-hydrogen) atoms. The molecular formula is C23H26N4. The van der Waals surface area contributed by atoms with Crippen LogP contribution in [0.15, 0.2) is 58.5 Å². The molecule has 2 rings (SSSR count). The molecule has 1 unspecified atom stereocenters. The smallest absolute Gasteiger partial charge is 0.109 e. The van der Waals surface area contributed by atoms with Crippen molar-refractivity contribution in [2.45, 2.75) is 46.1 Å². The Morgan fingerprint density at radius 2 is 1.33 bits per heavy atom. The predicted octanol–water partition coefficient (Wildman–Crippen LogP) is 5.49. The van der Waals surface area contributed by atoms with Crippen molar-refractivity contribution in [3.05, 3.63) is 70.8 Å². The van der Waals surface area contributed by atoms with Gasteiger partial charge in [-0.3, -0.25) is 4.99 Å². The fourth-order valence-corrected chi connectivity index (χ4v) is 2.21. The standard InChI is InChI=1S/C16H12N2.C7H14N2/c1-12(15-6-2-13(10-17)3-7-15)16-8-4-14(11-18)5-9-16;1-4-7(3)9-6-8-5-2/h2-9,12H,1H3;5-7H,4H2,1-3H3. The second-order valence-corrected chi connectivity index (χ2v) is 6.12. The lowest BCUT2D eigenvalue weighted by Gasteiger charge is -2.12. The molecule has 0 amide bonds. The average molecular weight is 358 g/mol. The Bertz CT molecular complexity index is 761. The van der Waals surface area contributed by atoms with E-state index in [-0.39, 0.29) is 5.92 Å². The van der Waals surface area contributed by atoms with Crippen molar-refractivity contribution in [3.63, 3.8) is 0 Å². The molecule has 2 aromatic rings. The first kappa shape index (κ1) is 21.8. The molecule has 1 atom stereocenters. The molecule has 138 valence electrons. The van der Waals surface area contributed by atoms with Crippen LogP contribution in [0.1, 0.15) is 62.3 Å². The topological polar surface area (TPSA) is 72.3 Å². The Balaban J connectivity index is 0.000000345. The Morgan fingerprint density at radius 1 is 0.889 bits per heavy atom. The van der Waals surface area contributed by atoms with Gasteiger partial charge >= 0.3 is 0 Å². The highest BCUT2D eigenvalue weighted by atomic mass is 14.9. The van der Waals surface area contributed by atoms with Crippen LogP contribution in [-0.4, -0.2) is 18.6 Å². The van der Waals surface area contributed by atoms with Gasteiger partial charge in [0.05, 0.1) is 23.3 Å². The van der Waals surface area contributed by atoms with Crippen molar-refractivity contribution >= 4 is 12.6 Å². The summed E-state index contributed by atoms with van der Waals surface area (Å²) in [5.41, 5.74) is 3.67. The molecule has 0 aliphatic carbocycles. The monoisotopic (exact) mass is 358 g/mol. The molecule has 0 aromatic heterocycles. The summed E-state index contributed by atoms with van der Waals surface area (Å²) in [5.74, 6) is 0.255. The van der Waals surface area contributed by atoms with Crippen LogP contribution in [0.3, 0.4) is 0 Å². The predicted molar refractivity (Wildman–Crippen MR) is 112 cm³/mol. The van der Waals surface area contributed by atoms with Crippen LogP contribution in [0.25, 0.3) is 0 Å². The Labute approximate surface area is 162 Å². The SMILES string of the molecule is CC(c1ccc(C#N)cc1)c1ccc(C#N)cc1.CC=NC=NC(C)CC. The van der Waals surface area contributed by atoms with Gasteiger partial charge in [-0.1, -0.05) is 38.1 Å². The molecule has 0 radical (unpaired) electrons. The minimum atomic E-state index is 0.255. The lowest BCUT2D eigenvalue weighted by atomic mass is 9.92. The van der Waals surface area contributed by atoms with E-state index in [4.69, 9.17) is 10.5 Å². The van der Waals surface area contributed by atoms with Crippen LogP contribution < -0.4 is 0 Å². The molecule has 4 nitrogen and oxygen atoms in total. The third-order valence-corrected chi connectivity index (χ3v) is 4.21. The highest BCUT2D eigenvalue weighted by Crippen LogP contribution is 2.24. The third-order valence-electron chi connectivity index (χ3n) is 4.21. The Kier molecular flexibility index (Phi) is 9.83. The van der Waals surface area contributed by atoms with Crippen molar-refractivity contribution in [1.82, 2.24) is 0 Å². The van der Waals surface area contributed by atoms with Gasteiger partial charge in [-0.05, 0) is 55.7 Å². The van der Waals surface area contributed by atoms with Gasteiger partial charge in [0, 0.05) is 18.2 Å². The molecule has 0 bridgehead atoms. The van der Waals surface area contributed by atoms with Gasteiger partial charge in [-0.15, -0.1) is 0 Å². The normalized spacial score (nSPS) is 11.7. The van der Waals surface area contributed by atoms with Gasteiger partial charge in [0.15, 0.2) is 0 Å². The molecule has 0 spiro atoms. The molecular weight excluding hydrogens is 332 g/mol. The fourth-order valence-electron chi connectivity index (χ4n) is 2.21. The first-order chi connectivity index (χ1) is 13.0. The number of nitriles is 2. The number of benzene rings is 2. The van der Waals surface area contributed by atoms with Gasteiger partial charge in [0.2, 0.25) is 0 Å². The minimum Gasteiger partial charge on any atom is -0.271 e. The summed E-state index contributed by atoms with van der Waals surface area (Å²) in [6, 6.07) is 19.8. The molecule has 2 aromatic carbocycles. The van der Waals surface area contributed by atoms with Crippen LogP contribution in [0.2, 0.25) is 0 Å². The lowest BCUT2D eigenvalue weighted by Crippen LogP contribution is -1.96. The van der Waals surface area contributed by atoms with Crippen molar-refractivity contribution in [2.75, 3.05) is 0 Å². The van der Waals surface area contributed by atoms with E-state index in [0.717, 1.165) is 6.42 Å². The summed E-state index contributed by atoms with van der Waals surface area (Å²) >= 11 is 0. The first-order valence-electron chi connectivity index (χ1n) is 9.05. The van der Waals surface area contributed by atoms with Crippen molar-refractivity contribution < 1.29 is 0 Å². The fraction of sp³-hybridized carbons (Fsp3) is 0.304. The molecule has 0 aliphatic rings. The largest absolute Gasteiger partial charge is 0.271 e. The van der Waals surface area contributed by atoms with Crippen molar-refractivity contribution in [3.8, 4) is 12.1 Å². The van der Waals surface area contributed by atoms with Gasteiger partial charge in [0.1, 0.15) is 6.34 Å². The van der Waals surface area contributed by atoms with Gasteiger partial charge < -0.3 is 0 Å². The van der Waals surface area contributed by atoms with E-state index in [2.05, 4.69) is 42.9 Å². The molecule has 0 aliphatic heterocycles. The maximum absolute atomic E-state index is 8.76. The van der Waals surface area contributed by atoms with Crippen molar-refractivity contribution in [2.24, 2.45) is 9.98 Å². The maximum atomic E-state index is 8.76. The van der Waals surface area contributed by atoms with Gasteiger partial charge in [0.25, 0.3) is 0 Å². The first-order valence-corrected chi connectivity index (χ1v) is 9.05. The second kappa shape index (κ2) is 12.2. The van der Waals surface area contributed by atoms with E-state index in [0.29, 0.717) is 17.2 Å². The van der Waals surface area contributed by atoms with E-state index in [1.165, 1.54) is 11.1 Å². The molecule has 0 heterocycles. The van der Waals surface area contributed by atoms with Crippen LogP contribution in [0.5, 0.6) is 0 Å². The zero-order valence-corrected chi connectivity index (χ0v) is 16.4. The third kappa shape index (κ3) is 7.67. The van der Waals surface area contributed by atoms with Crippen LogP contribution in [0, 0.1) is 22.7 Å². The summed E-state index contributed by atoms with van der Waals surface area (Å²) in [7, 11) is 0. The number of nitrogens with zero attached hydrogens (tertiary/aromatic N) is 4. The van der Waals surface area contributed by atoms with Crippen LogP contribution in [-0.2, 0) is 0 Å². The molecule has 4 heteroatoms. The summed E-state index contributed by atoms with van der Waals surface area (Å²) in [4.78, 5) is 7.95. The average Bonchev–Trinajstić information content (AvgIpc) is 2.74. The Hall–Kier alpha value is -3.24. The van der Waals surface area contributed by atoms with Gasteiger partial charge in [-0.25, -0.2) is 4.99 Å². The van der Waals surface area contributed by atoms with E-state index in [1.54, 1.807) is 12.6 Å². The second-order valence-electron chi connectivity index (χ2n) is 6.12. The molecule has 0 N–H and O–H groups in total. The van der Waals surface area contributed by atoms with Crippen LogP contribution in [0.4, 0.5) is 0 Å². The highest BCUT2D eigenvalue weighted by Gasteiger charge is 2.08. The summed E-state index contributed by atoms with van der Waals surface area (Å²) in [5, 5.41) is 17.5.